The number of carbonyl (C=O) groups is 1. The molecule has 0 amide bonds. The normalized spacial score (nSPS) is 17.0. The third-order valence-electron chi connectivity index (χ3n) is 6.65. The lowest BCUT2D eigenvalue weighted by molar-refractivity contribution is 0.0600. The molecule has 1 fully saturated rings. The molecule has 5 heteroatoms. The molecule has 4 rings (SSSR count). The summed E-state index contributed by atoms with van der Waals surface area (Å²) < 4.78 is 18.5. The summed E-state index contributed by atoms with van der Waals surface area (Å²) in [7, 11) is 1.43. The van der Waals surface area contributed by atoms with Gasteiger partial charge in [0.05, 0.1) is 19.3 Å². The number of hydrogen-bond donors (Lipinski definition) is 0. The van der Waals surface area contributed by atoms with E-state index in [0.29, 0.717) is 17.9 Å². The van der Waals surface area contributed by atoms with Crippen molar-refractivity contribution < 1.29 is 13.9 Å². The number of ether oxygens (including phenoxy) is 1. The molecule has 0 radical (unpaired) electrons. The molecule has 0 bridgehead atoms. The topological polar surface area (TPSA) is 29.5 Å². The van der Waals surface area contributed by atoms with Gasteiger partial charge in [-0.1, -0.05) is 46.3 Å². The van der Waals surface area contributed by atoms with Crippen molar-refractivity contribution in [1.82, 2.24) is 4.90 Å². The maximum Gasteiger partial charge on any atom is 0.338 e. The number of aryl methyl sites for hydroxylation is 2. The van der Waals surface area contributed by atoms with Crippen molar-refractivity contribution in [2.75, 3.05) is 33.4 Å². The Bertz CT molecular complexity index is 1010. The summed E-state index contributed by atoms with van der Waals surface area (Å²) >= 11 is 3.86. The first-order chi connectivity index (χ1) is 15.5. The van der Waals surface area contributed by atoms with Gasteiger partial charge in [-0.05, 0) is 84.4 Å². The fourth-order valence-electron chi connectivity index (χ4n) is 4.95. The van der Waals surface area contributed by atoms with Gasteiger partial charge < -0.3 is 9.64 Å². The number of likely N-dealkylation sites (tertiary alicyclic amines) is 1. The summed E-state index contributed by atoms with van der Waals surface area (Å²) in [6.07, 6.45) is 4.68. The van der Waals surface area contributed by atoms with Crippen LogP contribution in [0.3, 0.4) is 0 Å². The summed E-state index contributed by atoms with van der Waals surface area (Å²) in [6, 6.07) is 13.1. The highest BCUT2D eigenvalue weighted by Gasteiger charge is 2.26. The number of hydrogen-bond acceptors (Lipinski definition) is 3. The molecular weight excluding hydrogens is 469 g/mol. The molecule has 1 saturated heterocycles. The van der Waals surface area contributed by atoms with Crippen LogP contribution < -0.4 is 0 Å². The van der Waals surface area contributed by atoms with Crippen LogP contribution >= 0.6 is 15.9 Å². The van der Waals surface area contributed by atoms with Crippen LogP contribution in [0.5, 0.6) is 0 Å². The summed E-state index contributed by atoms with van der Waals surface area (Å²) in [6.45, 7) is 4.79. The van der Waals surface area contributed by atoms with E-state index in [1.807, 2.05) is 13.0 Å². The van der Waals surface area contributed by atoms with Gasteiger partial charge >= 0.3 is 5.97 Å². The highest BCUT2D eigenvalue weighted by molar-refractivity contribution is 9.11. The van der Waals surface area contributed by atoms with Crippen LogP contribution in [0.15, 0.2) is 40.9 Å². The Balaban J connectivity index is 1.54. The third-order valence-corrected chi connectivity index (χ3v) is 7.44. The Morgan fingerprint density at radius 2 is 1.94 bits per heavy atom. The Kier molecular flexibility index (Phi) is 7.47. The Morgan fingerprint density at radius 1 is 1.19 bits per heavy atom. The highest BCUT2D eigenvalue weighted by atomic mass is 79.9. The van der Waals surface area contributed by atoms with Gasteiger partial charge in [-0.2, -0.15) is 0 Å². The first-order valence-corrected chi connectivity index (χ1v) is 12.3. The second-order valence-electron chi connectivity index (χ2n) is 9.02. The number of methoxy groups -OCH3 is 1. The van der Waals surface area contributed by atoms with Crippen LogP contribution in [0.4, 0.5) is 4.39 Å². The fraction of sp³-hybridized carbons (Fsp3) is 0.444. The lowest BCUT2D eigenvalue weighted by Gasteiger charge is -2.39. The number of esters is 1. The van der Waals surface area contributed by atoms with E-state index in [1.165, 1.54) is 39.4 Å². The van der Waals surface area contributed by atoms with Gasteiger partial charge in [0.2, 0.25) is 0 Å². The predicted octanol–water partition coefficient (Wildman–Crippen LogP) is 6.11. The van der Waals surface area contributed by atoms with E-state index in [-0.39, 0.29) is 12.6 Å². The van der Waals surface area contributed by atoms with Crippen molar-refractivity contribution in [3.05, 3.63) is 74.3 Å². The van der Waals surface area contributed by atoms with Crippen molar-refractivity contribution in [3.8, 4) is 0 Å². The van der Waals surface area contributed by atoms with Gasteiger partial charge in [-0.15, -0.1) is 0 Å². The zero-order chi connectivity index (χ0) is 22.7. The number of nitrogens with zero attached hydrogens (tertiary/aromatic N) is 1. The van der Waals surface area contributed by atoms with Crippen LogP contribution in [0, 0.1) is 12.8 Å². The first-order valence-electron chi connectivity index (χ1n) is 11.5. The molecule has 3 nitrogen and oxygen atoms in total. The van der Waals surface area contributed by atoms with Gasteiger partial charge in [-0.25, -0.2) is 4.79 Å². The van der Waals surface area contributed by atoms with E-state index in [0.717, 1.165) is 50.9 Å². The molecule has 1 aliphatic carbocycles. The fourth-order valence-corrected chi connectivity index (χ4v) is 5.68. The van der Waals surface area contributed by atoms with Crippen molar-refractivity contribution in [3.63, 3.8) is 0 Å². The molecular formula is C27H31BrFNO2. The van der Waals surface area contributed by atoms with E-state index in [1.54, 1.807) is 0 Å². The number of alkyl halides is 1. The minimum atomic E-state index is -0.275. The van der Waals surface area contributed by atoms with Crippen LogP contribution in [0.25, 0.3) is 5.57 Å². The molecule has 2 aromatic carbocycles. The van der Waals surface area contributed by atoms with E-state index in [9.17, 15) is 9.18 Å². The van der Waals surface area contributed by atoms with Gasteiger partial charge in [-0.3, -0.25) is 4.39 Å². The molecule has 0 atom stereocenters. The molecule has 0 N–H and O–H groups in total. The maximum absolute atomic E-state index is 12.3. The molecule has 170 valence electrons. The van der Waals surface area contributed by atoms with Crippen molar-refractivity contribution >= 4 is 27.5 Å². The maximum atomic E-state index is 12.3. The van der Waals surface area contributed by atoms with Crippen LogP contribution in [-0.4, -0.2) is 44.3 Å². The molecule has 2 aliphatic rings. The molecule has 0 spiro atoms. The van der Waals surface area contributed by atoms with E-state index in [2.05, 4.69) is 51.2 Å². The summed E-state index contributed by atoms with van der Waals surface area (Å²) in [5.41, 5.74) is 7.78. The lowest BCUT2D eigenvalue weighted by atomic mass is 9.88. The largest absolute Gasteiger partial charge is 0.465 e. The predicted molar refractivity (Wildman–Crippen MR) is 131 cm³/mol. The Morgan fingerprint density at radius 3 is 2.62 bits per heavy atom. The summed E-state index contributed by atoms with van der Waals surface area (Å²) in [5, 5.41) is 0. The Hall–Kier alpha value is -1.98. The molecule has 1 aliphatic heterocycles. The highest BCUT2D eigenvalue weighted by Crippen LogP contribution is 2.39. The van der Waals surface area contributed by atoms with E-state index in [4.69, 9.17) is 4.74 Å². The molecule has 0 unspecified atom stereocenters. The monoisotopic (exact) mass is 499 g/mol. The quantitative estimate of drug-likeness (QED) is 0.430. The van der Waals surface area contributed by atoms with Gasteiger partial charge in [0, 0.05) is 24.1 Å². The molecule has 1 heterocycles. The number of halogens is 2. The minimum absolute atomic E-state index is 0.222. The SMILES string of the molecule is COC(=O)c1cc2c(cc1C)C(c1ccc(CC3CN(CCCF)C3)cc1)=C(Br)CCC2. The zero-order valence-corrected chi connectivity index (χ0v) is 20.5. The van der Waals surface area contributed by atoms with E-state index >= 15 is 0 Å². The smallest absolute Gasteiger partial charge is 0.338 e. The van der Waals surface area contributed by atoms with Crippen LogP contribution in [0.1, 0.15) is 57.4 Å². The number of benzene rings is 2. The summed E-state index contributed by atoms with van der Waals surface area (Å²) in [5.74, 6) is 0.396. The molecule has 32 heavy (non-hydrogen) atoms. The van der Waals surface area contributed by atoms with Gasteiger partial charge in [0.15, 0.2) is 0 Å². The molecule has 0 aromatic heterocycles. The van der Waals surface area contributed by atoms with Crippen LogP contribution in [0.2, 0.25) is 0 Å². The lowest BCUT2D eigenvalue weighted by Crippen LogP contribution is -2.47. The Labute approximate surface area is 198 Å². The number of carbonyl (C=O) groups excluding carboxylic acids is 1. The van der Waals surface area contributed by atoms with Gasteiger partial charge in [0.1, 0.15) is 0 Å². The van der Waals surface area contributed by atoms with Crippen molar-refractivity contribution in [2.45, 2.75) is 39.0 Å². The second kappa shape index (κ2) is 10.3. The van der Waals surface area contributed by atoms with Crippen molar-refractivity contribution in [1.29, 1.82) is 0 Å². The number of allylic oxidation sites excluding steroid dienone is 1. The van der Waals surface area contributed by atoms with Gasteiger partial charge in [0.25, 0.3) is 0 Å². The van der Waals surface area contributed by atoms with Crippen molar-refractivity contribution in [2.24, 2.45) is 5.92 Å². The molecule has 0 saturated carbocycles. The zero-order valence-electron chi connectivity index (χ0n) is 18.9. The average molecular weight is 500 g/mol. The minimum Gasteiger partial charge on any atom is -0.465 e. The standard InChI is InChI=1S/C27H31BrFNO2/c1-18-13-24-22(15-23(18)27(31)32-2)5-3-6-25(28)26(24)21-9-7-19(8-10-21)14-20-16-30(17-20)12-4-11-29/h7-10,13,15,20H,3-6,11-12,14,16-17H2,1-2H3. The average Bonchev–Trinajstić information content (AvgIpc) is 2.92. The molecule has 2 aromatic rings. The number of fused-ring (bicyclic) bond motifs is 1. The first kappa shape index (κ1) is 23.2. The summed E-state index contributed by atoms with van der Waals surface area (Å²) in [4.78, 5) is 14.5. The second-order valence-corrected chi connectivity index (χ2v) is 9.98. The van der Waals surface area contributed by atoms with Crippen LogP contribution in [-0.2, 0) is 17.6 Å². The number of rotatable bonds is 7. The third kappa shape index (κ3) is 4.99. The van der Waals surface area contributed by atoms with E-state index < -0.39 is 0 Å².